The van der Waals surface area contributed by atoms with E-state index in [2.05, 4.69) is 10.6 Å². The van der Waals surface area contributed by atoms with Crippen LogP contribution in [0.15, 0.2) is 60.7 Å². The minimum atomic E-state index is -1.09. The van der Waals surface area contributed by atoms with E-state index in [-0.39, 0.29) is 24.9 Å². The van der Waals surface area contributed by atoms with E-state index in [1.165, 1.54) is 13.1 Å². The molecule has 0 aromatic heterocycles. The molecule has 4 rings (SSSR count). The van der Waals surface area contributed by atoms with Crippen molar-refractivity contribution in [2.45, 2.75) is 44.9 Å². The maximum atomic E-state index is 13.2. The highest BCUT2D eigenvalue weighted by Gasteiger charge is 2.55. The summed E-state index contributed by atoms with van der Waals surface area (Å²) in [5, 5.41) is 14.7. The SMILES string of the molecule is CC1C[C@@H]2C(=O)N(C)C(=O)[C@H]2C(=O)[C@H]1NC(=O)C[C@H](NC(=O)CC(=O)/C=C/c1cccc(CO)c1)c1ccccc1. The van der Waals surface area contributed by atoms with Crippen molar-refractivity contribution < 1.29 is 33.9 Å². The van der Waals surface area contributed by atoms with Gasteiger partial charge in [0, 0.05) is 7.05 Å². The fraction of sp³-hybridized carbons (Fsp3) is 0.355. The van der Waals surface area contributed by atoms with Gasteiger partial charge in [-0.3, -0.25) is 33.7 Å². The molecule has 10 heteroatoms. The van der Waals surface area contributed by atoms with Gasteiger partial charge in [-0.2, -0.15) is 0 Å². The van der Waals surface area contributed by atoms with E-state index in [1.807, 2.05) is 0 Å². The zero-order chi connectivity index (χ0) is 29.7. The molecule has 2 aromatic rings. The van der Waals surface area contributed by atoms with Gasteiger partial charge in [-0.1, -0.05) is 61.5 Å². The van der Waals surface area contributed by atoms with Crippen LogP contribution in [0.3, 0.4) is 0 Å². The highest BCUT2D eigenvalue weighted by molar-refractivity contribution is 6.17. The van der Waals surface area contributed by atoms with Crippen molar-refractivity contribution in [3.05, 3.63) is 77.4 Å². The molecule has 1 aliphatic carbocycles. The van der Waals surface area contributed by atoms with Crippen LogP contribution in [-0.4, -0.2) is 58.3 Å². The summed E-state index contributed by atoms with van der Waals surface area (Å²) in [6.45, 7) is 1.63. The first-order valence-electron chi connectivity index (χ1n) is 13.5. The highest BCUT2D eigenvalue weighted by atomic mass is 16.3. The molecule has 0 radical (unpaired) electrons. The van der Waals surface area contributed by atoms with Crippen molar-refractivity contribution >= 4 is 41.3 Å². The van der Waals surface area contributed by atoms with Crippen LogP contribution in [0.1, 0.15) is 48.9 Å². The van der Waals surface area contributed by atoms with Gasteiger partial charge in [-0.25, -0.2) is 0 Å². The number of likely N-dealkylation sites (tertiary alicyclic amines) is 1. The van der Waals surface area contributed by atoms with Crippen molar-refractivity contribution in [2.75, 3.05) is 7.05 Å². The van der Waals surface area contributed by atoms with Crippen molar-refractivity contribution in [3.8, 4) is 0 Å². The molecule has 4 amide bonds. The molecule has 0 spiro atoms. The van der Waals surface area contributed by atoms with Crippen LogP contribution in [-0.2, 0) is 35.4 Å². The molecule has 2 fully saturated rings. The fourth-order valence-electron chi connectivity index (χ4n) is 5.46. The number of ketones is 2. The van der Waals surface area contributed by atoms with E-state index in [0.29, 0.717) is 23.1 Å². The van der Waals surface area contributed by atoms with Gasteiger partial charge in [0.1, 0.15) is 5.92 Å². The second-order valence-electron chi connectivity index (χ2n) is 10.6. The third-order valence-corrected chi connectivity index (χ3v) is 7.63. The van der Waals surface area contributed by atoms with Gasteiger partial charge in [0.2, 0.25) is 23.6 Å². The number of aliphatic hydroxyl groups is 1. The van der Waals surface area contributed by atoms with E-state index in [9.17, 15) is 33.9 Å². The summed E-state index contributed by atoms with van der Waals surface area (Å²) in [6.07, 6.45) is 2.51. The number of fused-ring (bicyclic) bond motifs is 1. The van der Waals surface area contributed by atoms with Gasteiger partial charge in [-0.15, -0.1) is 0 Å². The van der Waals surface area contributed by atoms with Gasteiger partial charge in [-0.05, 0) is 41.2 Å². The molecule has 2 aliphatic rings. The monoisotopic (exact) mass is 559 g/mol. The Kier molecular flexibility index (Phi) is 9.24. The third kappa shape index (κ3) is 6.83. The molecular weight excluding hydrogens is 526 g/mol. The molecule has 1 aliphatic heterocycles. The second-order valence-corrected chi connectivity index (χ2v) is 10.6. The summed E-state index contributed by atoms with van der Waals surface area (Å²) < 4.78 is 0. The molecule has 1 heterocycles. The Morgan fingerprint density at radius 2 is 1.76 bits per heavy atom. The lowest BCUT2D eigenvalue weighted by molar-refractivity contribution is -0.142. The number of hydrogen-bond donors (Lipinski definition) is 3. The molecule has 41 heavy (non-hydrogen) atoms. The first kappa shape index (κ1) is 29.5. The number of Topliss-reactive ketones (excluding diaryl/α,β-unsaturated/α-hetero) is 1. The molecule has 1 unspecified atom stereocenters. The smallest absolute Gasteiger partial charge is 0.240 e. The van der Waals surface area contributed by atoms with Gasteiger partial charge in [0.25, 0.3) is 0 Å². The topological polar surface area (TPSA) is 150 Å². The van der Waals surface area contributed by atoms with E-state index in [4.69, 9.17) is 0 Å². The number of nitrogens with one attached hydrogen (secondary N) is 2. The van der Waals surface area contributed by atoms with Crippen LogP contribution < -0.4 is 10.6 Å². The number of nitrogens with zero attached hydrogens (tertiary/aromatic N) is 1. The number of carbonyl (C=O) groups excluding carboxylic acids is 6. The molecule has 0 bridgehead atoms. The number of aliphatic hydroxyl groups excluding tert-OH is 1. The fourth-order valence-corrected chi connectivity index (χ4v) is 5.46. The Morgan fingerprint density at radius 1 is 1.02 bits per heavy atom. The number of benzene rings is 2. The van der Waals surface area contributed by atoms with E-state index >= 15 is 0 Å². The Morgan fingerprint density at radius 3 is 2.46 bits per heavy atom. The summed E-state index contributed by atoms with van der Waals surface area (Å²) in [5.41, 5.74) is 2.04. The Labute approximate surface area is 237 Å². The zero-order valence-electron chi connectivity index (χ0n) is 22.9. The van der Waals surface area contributed by atoms with Gasteiger partial charge in [0.15, 0.2) is 11.6 Å². The molecule has 214 valence electrons. The van der Waals surface area contributed by atoms with E-state index in [0.717, 1.165) is 4.90 Å². The number of hydrogen-bond acceptors (Lipinski definition) is 7. The second kappa shape index (κ2) is 12.8. The quantitative estimate of drug-likeness (QED) is 0.228. The summed E-state index contributed by atoms with van der Waals surface area (Å²) in [5.74, 6) is -5.09. The number of amides is 4. The Hall–Kier alpha value is -4.44. The standard InChI is InChI=1S/C31H33N3O7/c1-18-13-23-27(31(41)34(2)30(23)40)29(39)28(18)33-26(38)16-24(21-9-4-3-5-10-21)32-25(37)15-22(36)12-11-19-7-6-8-20(14-19)17-35/h3-12,14,18,23-24,27-28,35H,13,15-17H2,1-2H3,(H,32,37)(H,33,38)/b12-11+/t18?,23-,24-,27+,28-/m0/s1. The lowest BCUT2D eigenvalue weighted by Crippen LogP contribution is -2.54. The number of allylic oxidation sites excluding steroid dienone is 1. The largest absolute Gasteiger partial charge is 0.392 e. The van der Waals surface area contributed by atoms with Crippen LogP contribution in [0.5, 0.6) is 0 Å². The van der Waals surface area contributed by atoms with E-state index in [1.54, 1.807) is 67.6 Å². The molecule has 10 nitrogen and oxygen atoms in total. The lowest BCUT2D eigenvalue weighted by atomic mass is 9.72. The summed E-state index contributed by atoms with van der Waals surface area (Å²) in [6, 6.07) is 14.1. The molecular formula is C31H33N3O7. The van der Waals surface area contributed by atoms with Crippen LogP contribution in [0, 0.1) is 17.8 Å². The van der Waals surface area contributed by atoms with Crippen LogP contribution >= 0.6 is 0 Å². The predicted octanol–water partition coefficient (Wildman–Crippen LogP) is 1.72. The van der Waals surface area contributed by atoms with Crippen molar-refractivity contribution in [1.29, 1.82) is 0 Å². The summed E-state index contributed by atoms with van der Waals surface area (Å²) in [7, 11) is 1.36. The first-order chi connectivity index (χ1) is 19.6. The maximum Gasteiger partial charge on any atom is 0.240 e. The number of imide groups is 1. The lowest BCUT2D eigenvalue weighted by Gasteiger charge is -2.33. The van der Waals surface area contributed by atoms with Crippen molar-refractivity contribution in [3.63, 3.8) is 0 Å². The Balaban J connectivity index is 1.40. The Bertz CT molecular complexity index is 1390. The average molecular weight is 560 g/mol. The van der Waals surface area contributed by atoms with Crippen LogP contribution in [0.2, 0.25) is 0 Å². The van der Waals surface area contributed by atoms with Crippen LogP contribution in [0.4, 0.5) is 0 Å². The molecule has 5 atom stereocenters. The minimum absolute atomic E-state index is 0.128. The average Bonchev–Trinajstić information content (AvgIpc) is 3.17. The molecule has 1 saturated heterocycles. The normalized spacial score (nSPS) is 22.9. The number of rotatable bonds is 10. The van der Waals surface area contributed by atoms with Gasteiger partial charge >= 0.3 is 0 Å². The van der Waals surface area contributed by atoms with Gasteiger partial charge in [0.05, 0.1) is 37.5 Å². The summed E-state index contributed by atoms with van der Waals surface area (Å²) >= 11 is 0. The zero-order valence-corrected chi connectivity index (χ0v) is 22.9. The third-order valence-electron chi connectivity index (χ3n) is 7.63. The van der Waals surface area contributed by atoms with E-state index < -0.39 is 59.6 Å². The minimum Gasteiger partial charge on any atom is -0.392 e. The molecule has 1 saturated carbocycles. The number of carbonyl (C=O) groups is 6. The molecule has 3 N–H and O–H groups in total. The van der Waals surface area contributed by atoms with Gasteiger partial charge < -0.3 is 15.7 Å². The maximum absolute atomic E-state index is 13.2. The first-order valence-corrected chi connectivity index (χ1v) is 13.5. The highest BCUT2D eigenvalue weighted by Crippen LogP contribution is 2.38. The molecule has 2 aromatic carbocycles. The predicted molar refractivity (Wildman–Crippen MR) is 148 cm³/mol. The van der Waals surface area contributed by atoms with Crippen molar-refractivity contribution in [2.24, 2.45) is 17.8 Å². The van der Waals surface area contributed by atoms with Crippen molar-refractivity contribution in [1.82, 2.24) is 15.5 Å². The van der Waals surface area contributed by atoms with Crippen LogP contribution in [0.25, 0.3) is 6.08 Å². The summed E-state index contributed by atoms with van der Waals surface area (Å²) in [4.78, 5) is 77.4.